The van der Waals surface area contributed by atoms with Crippen LogP contribution >= 0.6 is 0 Å². The van der Waals surface area contributed by atoms with E-state index in [0.717, 1.165) is 6.67 Å². The highest BCUT2D eigenvalue weighted by molar-refractivity contribution is 5.97. The Kier molecular flexibility index (Phi) is 3.51. The Morgan fingerprint density at radius 1 is 1.21 bits per heavy atom. The van der Waals surface area contributed by atoms with Gasteiger partial charge < -0.3 is 15.5 Å². The summed E-state index contributed by atoms with van der Waals surface area (Å²) in [5.41, 5.74) is 7.08. The average Bonchev–Trinajstić information content (AvgIpc) is 2.78. The molecule has 4 heteroatoms. The highest BCUT2D eigenvalue weighted by Crippen LogP contribution is 2.19. The summed E-state index contributed by atoms with van der Waals surface area (Å²) in [7, 11) is 0. The van der Waals surface area contributed by atoms with Gasteiger partial charge in [0.2, 0.25) is 0 Å². The van der Waals surface area contributed by atoms with E-state index < -0.39 is 0 Å². The predicted molar refractivity (Wildman–Crippen MR) is 77.5 cm³/mol. The molecule has 0 atom stereocenters. The predicted octanol–water partition coefficient (Wildman–Crippen LogP) is 2.30. The van der Waals surface area contributed by atoms with Crippen molar-refractivity contribution in [1.29, 1.82) is 0 Å². The van der Waals surface area contributed by atoms with Crippen molar-refractivity contribution in [3.63, 3.8) is 0 Å². The molecule has 1 aromatic rings. The molecule has 0 saturated heterocycles. The lowest BCUT2D eigenvalue weighted by molar-refractivity contribution is 0.0921. The third kappa shape index (κ3) is 3.28. The zero-order valence-electron chi connectivity index (χ0n) is 11.8. The van der Waals surface area contributed by atoms with Crippen molar-refractivity contribution in [1.82, 2.24) is 9.80 Å². The second kappa shape index (κ2) is 4.96. The molecule has 4 nitrogen and oxygen atoms in total. The largest absolute Gasteiger partial charge is 0.399 e. The first-order chi connectivity index (χ1) is 8.86. The van der Waals surface area contributed by atoms with Crippen LogP contribution in [0.5, 0.6) is 0 Å². The number of nitrogens with two attached hydrogens (primary N) is 1. The molecule has 0 radical (unpaired) electrons. The van der Waals surface area contributed by atoms with Crippen molar-refractivity contribution in [3.8, 4) is 0 Å². The maximum atomic E-state index is 12.1. The SMILES string of the molecule is CC(C)(C)N1C=CN(CC(=O)c2ccc(N)cc2)C1. The third-order valence-corrected chi connectivity index (χ3v) is 3.23. The summed E-state index contributed by atoms with van der Waals surface area (Å²) >= 11 is 0. The number of nitrogen functional groups attached to an aromatic ring is 1. The number of nitrogens with zero attached hydrogens (tertiary/aromatic N) is 2. The Hall–Kier alpha value is -1.97. The van der Waals surface area contributed by atoms with Crippen molar-refractivity contribution in [2.75, 3.05) is 18.9 Å². The van der Waals surface area contributed by atoms with E-state index in [1.807, 2.05) is 17.3 Å². The molecule has 19 heavy (non-hydrogen) atoms. The lowest BCUT2D eigenvalue weighted by Crippen LogP contribution is -2.40. The molecular weight excluding hydrogens is 238 g/mol. The number of hydrogen-bond donors (Lipinski definition) is 1. The fourth-order valence-electron chi connectivity index (χ4n) is 1.95. The first-order valence-electron chi connectivity index (χ1n) is 6.44. The molecule has 102 valence electrons. The molecule has 1 aliphatic heterocycles. The van der Waals surface area contributed by atoms with Crippen LogP contribution in [0, 0.1) is 0 Å². The van der Waals surface area contributed by atoms with E-state index in [0.29, 0.717) is 17.8 Å². The quantitative estimate of drug-likeness (QED) is 0.668. The number of anilines is 1. The van der Waals surface area contributed by atoms with Crippen molar-refractivity contribution < 1.29 is 4.79 Å². The minimum Gasteiger partial charge on any atom is -0.399 e. The Bertz CT molecular complexity index is 485. The van der Waals surface area contributed by atoms with Gasteiger partial charge in [-0.2, -0.15) is 0 Å². The molecule has 0 bridgehead atoms. The minimum atomic E-state index is 0.0789. The standard InChI is InChI=1S/C15H21N3O/c1-15(2,3)18-9-8-17(11-18)10-14(19)12-4-6-13(16)7-5-12/h4-9H,10-11,16H2,1-3H3. The molecular formula is C15H21N3O. The van der Waals surface area contributed by atoms with Gasteiger partial charge in [0.1, 0.15) is 0 Å². The summed E-state index contributed by atoms with van der Waals surface area (Å²) in [6.45, 7) is 7.62. The highest BCUT2D eigenvalue weighted by atomic mass is 16.1. The molecule has 0 aromatic heterocycles. The Labute approximate surface area is 114 Å². The van der Waals surface area contributed by atoms with Gasteiger partial charge in [0.25, 0.3) is 0 Å². The molecule has 1 aromatic carbocycles. The molecule has 0 fully saturated rings. The molecule has 0 aliphatic carbocycles. The van der Waals surface area contributed by atoms with Crippen LogP contribution in [0.15, 0.2) is 36.7 Å². The van der Waals surface area contributed by atoms with E-state index in [4.69, 9.17) is 5.73 Å². The van der Waals surface area contributed by atoms with Crippen LogP contribution < -0.4 is 5.73 Å². The second-order valence-electron chi connectivity index (χ2n) is 5.87. The molecule has 0 spiro atoms. The van der Waals surface area contributed by atoms with Gasteiger partial charge in [-0.15, -0.1) is 0 Å². The van der Waals surface area contributed by atoms with E-state index >= 15 is 0 Å². The van der Waals surface area contributed by atoms with Crippen molar-refractivity contribution in [3.05, 3.63) is 42.2 Å². The Morgan fingerprint density at radius 3 is 2.37 bits per heavy atom. The minimum absolute atomic E-state index is 0.0789. The molecule has 0 saturated carbocycles. The average molecular weight is 259 g/mol. The van der Waals surface area contributed by atoms with E-state index in [2.05, 4.69) is 25.7 Å². The molecule has 2 N–H and O–H groups in total. The van der Waals surface area contributed by atoms with Gasteiger partial charge in [-0.25, -0.2) is 0 Å². The third-order valence-electron chi connectivity index (χ3n) is 3.23. The monoisotopic (exact) mass is 259 g/mol. The molecule has 0 amide bonds. The second-order valence-corrected chi connectivity index (χ2v) is 5.87. The van der Waals surface area contributed by atoms with Gasteiger partial charge in [-0.05, 0) is 45.0 Å². The maximum absolute atomic E-state index is 12.1. The summed E-state index contributed by atoms with van der Waals surface area (Å²) < 4.78 is 0. The fraction of sp³-hybridized carbons (Fsp3) is 0.400. The zero-order valence-corrected chi connectivity index (χ0v) is 11.8. The first-order valence-corrected chi connectivity index (χ1v) is 6.44. The van der Waals surface area contributed by atoms with E-state index in [9.17, 15) is 4.79 Å². The summed E-state index contributed by atoms with van der Waals surface area (Å²) in [5, 5.41) is 0. The van der Waals surface area contributed by atoms with Crippen LogP contribution in [0.2, 0.25) is 0 Å². The van der Waals surface area contributed by atoms with E-state index in [1.165, 1.54) is 0 Å². The number of hydrogen-bond acceptors (Lipinski definition) is 4. The van der Waals surface area contributed by atoms with Crippen LogP contribution in [-0.4, -0.2) is 34.3 Å². The molecule has 1 aliphatic rings. The lowest BCUT2D eigenvalue weighted by atomic mass is 10.1. The van der Waals surface area contributed by atoms with Gasteiger partial charge in [0, 0.05) is 29.2 Å². The van der Waals surface area contributed by atoms with Crippen LogP contribution in [-0.2, 0) is 0 Å². The molecule has 1 heterocycles. The van der Waals surface area contributed by atoms with Gasteiger partial charge in [0.15, 0.2) is 5.78 Å². The smallest absolute Gasteiger partial charge is 0.182 e. The highest BCUT2D eigenvalue weighted by Gasteiger charge is 2.24. The summed E-state index contributed by atoms with van der Waals surface area (Å²) in [5.74, 6) is 0.111. The number of benzene rings is 1. The summed E-state index contributed by atoms with van der Waals surface area (Å²) in [6, 6.07) is 7.07. The van der Waals surface area contributed by atoms with Gasteiger partial charge in [-0.1, -0.05) is 0 Å². The topological polar surface area (TPSA) is 49.6 Å². The lowest BCUT2D eigenvalue weighted by Gasteiger charge is -2.33. The van der Waals surface area contributed by atoms with Crippen LogP contribution in [0.25, 0.3) is 0 Å². The van der Waals surface area contributed by atoms with Gasteiger partial charge >= 0.3 is 0 Å². The molecule has 2 rings (SSSR count). The Morgan fingerprint density at radius 2 is 1.84 bits per heavy atom. The normalized spacial score (nSPS) is 15.1. The van der Waals surface area contributed by atoms with E-state index in [1.54, 1.807) is 24.3 Å². The summed E-state index contributed by atoms with van der Waals surface area (Å²) in [6.07, 6.45) is 4.01. The van der Waals surface area contributed by atoms with Gasteiger partial charge in [0.05, 0.1) is 13.2 Å². The maximum Gasteiger partial charge on any atom is 0.182 e. The first kappa shape index (κ1) is 13.5. The van der Waals surface area contributed by atoms with Crippen LogP contribution in [0.4, 0.5) is 5.69 Å². The number of rotatable bonds is 3. The zero-order chi connectivity index (χ0) is 14.0. The van der Waals surface area contributed by atoms with E-state index in [-0.39, 0.29) is 11.3 Å². The number of ketones is 1. The van der Waals surface area contributed by atoms with Crippen LogP contribution in [0.3, 0.4) is 0 Å². The Balaban J connectivity index is 1.95. The van der Waals surface area contributed by atoms with Crippen molar-refractivity contribution in [2.45, 2.75) is 26.3 Å². The van der Waals surface area contributed by atoms with Crippen molar-refractivity contribution >= 4 is 11.5 Å². The molecule has 0 unspecified atom stereocenters. The fourth-order valence-corrected chi connectivity index (χ4v) is 1.95. The number of carbonyl (C=O) groups excluding carboxylic acids is 1. The summed E-state index contributed by atoms with van der Waals surface area (Å²) in [4.78, 5) is 16.4. The van der Waals surface area contributed by atoms with Gasteiger partial charge in [-0.3, -0.25) is 4.79 Å². The number of Topliss-reactive ketones (excluding diaryl/α,β-unsaturated/α-hetero) is 1. The number of carbonyl (C=O) groups is 1. The van der Waals surface area contributed by atoms with Crippen molar-refractivity contribution in [2.24, 2.45) is 0 Å². The van der Waals surface area contributed by atoms with Crippen LogP contribution in [0.1, 0.15) is 31.1 Å².